The van der Waals surface area contributed by atoms with Crippen molar-refractivity contribution < 1.29 is 9.47 Å². The zero-order chi connectivity index (χ0) is 23.8. The second-order valence-corrected chi connectivity index (χ2v) is 9.91. The molecule has 2 aromatic carbocycles. The van der Waals surface area contributed by atoms with Gasteiger partial charge in [-0.05, 0) is 24.3 Å². The molecule has 0 radical (unpaired) electrons. The minimum Gasteiger partial charge on any atom is -0.497 e. The van der Waals surface area contributed by atoms with Crippen LogP contribution in [0, 0.1) is 0 Å². The van der Waals surface area contributed by atoms with Gasteiger partial charge in [-0.15, -0.1) is 0 Å². The first-order valence-electron chi connectivity index (χ1n) is 13.7. The van der Waals surface area contributed by atoms with Crippen LogP contribution in [0.4, 0.5) is 0 Å². The maximum Gasteiger partial charge on any atom is 0.118 e. The van der Waals surface area contributed by atoms with Crippen molar-refractivity contribution in [1.82, 2.24) is 0 Å². The van der Waals surface area contributed by atoms with E-state index in [1.807, 2.05) is 0 Å². The SMILES string of the molecule is CCCCCCCC[B-](CCCCCCCC)(c1ccc(OC)cc1)c1ccc(OC)cc1. The Morgan fingerprint density at radius 2 is 0.818 bits per heavy atom. The van der Waals surface area contributed by atoms with E-state index in [2.05, 4.69) is 62.4 Å². The Kier molecular flexibility index (Phi) is 13.1. The van der Waals surface area contributed by atoms with E-state index in [4.69, 9.17) is 9.47 Å². The van der Waals surface area contributed by atoms with Crippen LogP contribution in [0.1, 0.15) is 90.9 Å². The minimum atomic E-state index is -0.813. The van der Waals surface area contributed by atoms with Gasteiger partial charge in [-0.25, -0.2) is 10.9 Å². The molecule has 0 aliphatic carbocycles. The highest BCUT2D eigenvalue weighted by Crippen LogP contribution is 2.26. The predicted octanol–water partition coefficient (Wildman–Crippen LogP) is 7.99. The first-order chi connectivity index (χ1) is 16.2. The lowest BCUT2D eigenvalue weighted by molar-refractivity contribution is 0.415. The van der Waals surface area contributed by atoms with E-state index in [9.17, 15) is 0 Å². The molecule has 184 valence electrons. The fraction of sp³-hybridized carbons (Fsp3) is 0.600. The van der Waals surface area contributed by atoms with Gasteiger partial charge >= 0.3 is 0 Å². The lowest BCUT2D eigenvalue weighted by Crippen LogP contribution is -2.58. The number of hydrogen-bond donors (Lipinski definition) is 0. The summed E-state index contributed by atoms with van der Waals surface area (Å²) in [7, 11) is 3.51. The zero-order valence-electron chi connectivity index (χ0n) is 21.9. The van der Waals surface area contributed by atoms with Crippen LogP contribution in [0.25, 0.3) is 0 Å². The number of benzene rings is 2. The van der Waals surface area contributed by atoms with E-state index in [0.717, 1.165) is 11.5 Å². The van der Waals surface area contributed by atoms with Crippen LogP contribution in [0.3, 0.4) is 0 Å². The molecule has 0 amide bonds. The summed E-state index contributed by atoms with van der Waals surface area (Å²) in [5, 5.41) is 0. The molecule has 0 N–H and O–H groups in total. The minimum absolute atomic E-state index is 0.813. The summed E-state index contributed by atoms with van der Waals surface area (Å²) in [6.07, 6.45) is 17.8. The Balaban J connectivity index is 2.28. The Morgan fingerprint density at radius 3 is 1.15 bits per heavy atom. The third kappa shape index (κ3) is 8.76. The lowest BCUT2D eigenvalue weighted by Gasteiger charge is -2.42. The van der Waals surface area contributed by atoms with E-state index < -0.39 is 6.15 Å². The van der Waals surface area contributed by atoms with Crippen molar-refractivity contribution in [1.29, 1.82) is 0 Å². The van der Waals surface area contributed by atoms with Gasteiger partial charge in [-0.2, -0.15) is 12.6 Å². The molecule has 0 aliphatic rings. The van der Waals surface area contributed by atoms with E-state index in [0.29, 0.717) is 0 Å². The summed E-state index contributed by atoms with van der Waals surface area (Å²) >= 11 is 0. The molecule has 0 fully saturated rings. The van der Waals surface area contributed by atoms with Crippen LogP contribution in [-0.2, 0) is 0 Å². The third-order valence-electron chi connectivity index (χ3n) is 7.61. The summed E-state index contributed by atoms with van der Waals surface area (Å²) in [6.45, 7) is 4.59. The van der Waals surface area contributed by atoms with E-state index in [1.165, 1.54) is 101 Å². The summed E-state index contributed by atoms with van der Waals surface area (Å²) in [5.74, 6) is 1.88. The van der Waals surface area contributed by atoms with Gasteiger partial charge in [-0.3, -0.25) is 0 Å². The molecule has 0 bridgehead atoms. The fourth-order valence-corrected chi connectivity index (χ4v) is 5.49. The van der Waals surface area contributed by atoms with Crippen molar-refractivity contribution in [3.63, 3.8) is 0 Å². The largest absolute Gasteiger partial charge is 0.497 e. The molecule has 0 aromatic heterocycles. The number of ether oxygens (including phenoxy) is 2. The zero-order valence-corrected chi connectivity index (χ0v) is 21.9. The van der Waals surface area contributed by atoms with E-state index in [-0.39, 0.29) is 0 Å². The topological polar surface area (TPSA) is 18.5 Å². The monoisotopic (exact) mass is 451 g/mol. The van der Waals surface area contributed by atoms with E-state index >= 15 is 0 Å². The maximum absolute atomic E-state index is 5.48. The second kappa shape index (κ2) is 15.9. The highest BCUT2D eigenvalue weighted by molar-refractivity contribution is 7.02. The smallest absolute Gasteiger partial charge is 0.118 e. The Morgan fingerprint density at radius 1 is 0.485 bits per heavy atom. The van der Waals surface area contributed by atoms with Crippen LogP contribution in [-0.4, -0.2) is 20.4 Å². The van der Waals surface area contributed by atoms with Gasteiger partial charge in [0.05, 0.1) is 20.4 Å². The average molecular weight is 452 g/mol. The number of rotatable bonds is 18. The van der Waals surface area contributed by atoms with Crippen molar-refractivity contribution in [2.45, 2.75) is 104 Å². The van der Waals surface area contributed by atoms with Crippen LogP contribution >= 0.6 is 0 Å². The van der Waals surface area contributed by atoms with Crippen molar-refractivity contribution >= 4 is 17.1 Å². The molecular weight excluding hydrogens is 403 g/mol. The first-order valence-corrected chi connectivity index (χ1v) is 13.7. The Labute approximate surface area is 204 Å². The number of unbranched alkanes of at least 4 members (excludes halogenated alkanes) is 10. The third-order valence-corrected chi connectivity index (χ3v) is 7.61. The molecule has 2 nitrogen and oxygen atoms in total. The average Bonchev–Trinajstić information content (AvgIpc) is 2.87. The van der Waals surface area contributed by atoms with Crippen molar-refractivity contribution in [3.8, 4) is 11.5 Å². The van der Waals surface area contributed by atoms with Crippen LogP contribution in [0.15, 0.2) is 48.5 Å². The predicted molar refractivity (Wildman–Crippen MR) is 147 cm³/mol. The molecule has 3 heteroatoms. The van der Waals surface area contributed by atoms with Gasteiger partial charge < -0.3 is 9.47 Å². The van der Waals surface area contributed by atoms with Crippen LogP contribution in [0.2, 0.25) is 12.6 Å². The van der Waals surface area contributed by atoms with Gasteiger partial charge in [0.1, 0.15) is 11.5 Å². The molecule has 0 atom stereocenters. The molecule has 33 heavy (non-hydrogen) atoms. The molecule has 2 rings (SSSR count). The van der Waals surface area contributed by atoms with Gasteiger partial charge in [0.25, 0.3) is 0 Å². The summed E-state index contributed by atoms with van der Waals surface area (Å²) in [6, 6.07) is 17.9. The Bertz CT molecular complexity index is 673. The molecule has 0 heterocycles. The molecule has 0 aliphatic heterocycles. The van der Waals surface area contributed by atoms with Crippen molar-refractivity contribution in [3.05, 3.63) is 48.5 Å². The standard InChI is InChI=1S/C30H48BO2/c1-5-7-9-11-13-15-25-31(26-16-14-12-10-8-6-2,27-17-21-29(32-3)22-18-27)28-19-23-30(33-4)24-20-28/h17-24H,5-16,25-26H2,1-4H3/q-1. The number of hydrogen-bond acceptors (Lipinski definition) is 2. The van der Waals surface area contributed by atoms with E-state index in [1.54, 1.807) is 14.2 Å². The molecule has 0 saturated carbocycles. The summed E-state index contributed by atoms with van der Waals surface area (Å²) in [5.41, 5.74) is 2.98. The summed E-state index contributed by atoms with van der Waals surface area (Å²) < 4.78 is 11.0. The highest BCUT2D eigenvalue weighted by atomic mass is 16.5. The molecule has 0 saturated heterocycles. The van der Waals surface area contributed by atoms with Gasteiger partial charge in [0.2, 0.25) is 0 Å². The maximum atomic E-state index is 5.48. The fourth-order valence-electron chi connectivity index (χ4n) is 5.49. The summed E-state index contributed by atoms with van der Waals surface area (Å²) in [4.78, 5) is 0. The highest BCUT2D eigenvalue weighted by Gasteiger charge is 2.27. The lowest BCUT2D eigenvalue weighted by atomic mass is 9.15. The first kappa shape index (κ1) is 27.4. The van der Waals surface area contributed by atoms with Gasteiger partial charge in [0, 0.05) is 0 Å². The number of methoxy groups -OCH3 is 2. The molecular formula is C30H48BO2-. The van der Waals surface area contributed by atoms with Crippen LogP contribution in [0.5, 0.6) is 11.5 Å². The van der Waals surface area contributed by atoms with Gasteiger partial charge in [-0.1, -0.05) is 115 Å². The Hall–Kier alpha value is -1.90. The van der Waals surface area contributed by atoms with Crippen molar-refractivity contribution in [2.75, 3.05) is 14.2 Å². The normalized spacial score (nSPS) is 11.5. The molecule has 2 aromatic rings. The van der Waals surface area contributed by atoms with Crippen LogP contribution < -0.4 is 20.4 Å². The second-order valence-electron chi connectivity index (χ2n) is 9.91. The van der Waals surface area contributed by atoms with Gasteiger partial charge in [0.15, 0.2) is 0 Å². The molecule has 0 spiro atoms. The van der Waals surface area contributed by atoms with Crippen molar-refractivity contribution in [2.24, 2.45) is 0 Å². The molecule has 0 unspecified atom stereocenters. The quantitative estimate of drug-likeness (QED) is 0.169.